The number of anilines is 1. The Morgan fingerprint density at radius 2 is 1.88 bits per heavy atom. The normalized spacial score (nSPS) is 16.6. The van der Waals surface area contributed by atoms with Gasteiger partial charge in [-0.05, 0) is 46.6 Å². The van der Waals surface area contributed by atoms with E-state index in [1.54, 1.807) is 0 Å². The van der Waals surface area contributed by atoms with Crippen LogP contribution in [-0.2, 0) is 12.5 Å². The molecule has 0 aliphatic heterocycles. The molecule has 0 spiro atoms. The van der Waals surface area contributed by atoms with Crippen LogP contribution in [0.15, 0.2) is 42.6 Å². The Balaban J connectivity index is 1.85. The Hall–Kier alpha value is -3.55. The van der Waals surface area contributed by atoms with Gasteiger partial charge in [-0.1, -0.05) is 45.0 Å². The maximum atomic E-state index is 13.7. The third kappa shape index (κ3) is 3.90. The van der Waals surface area contributed by atoms with Gasteiger partial charge in [0.05, 0.1) is 11.1 Å². The summed E-state index contributed by atoms with van der Waals surface area (Å²) in [5.41, 5.74) is 8.05. The molecule has 1 atom stereocenters. The van der Waals surface area contributed by atoms with Gasteiger partial charge in [-0.3, -0.25) is 14.3 Å². The molecule has 33 heavy (non-hydrogen) atoms. The average Bonchev–Trinajstić information content (AvgIpc) is 3.24. The molecule has 0 saturated carbocycles. The SMILES string of the molecule is C[C@H]1CC(C)(C)c2cccc(NC(=O)c3c(C(N)=O)cccc3-c3cn(C)nc3C(F)F)c21. The van der Waals surface area contributed by atoms with Crippen LogP contribution in [0.2, 0.25) is 0 Å². The molecule has 1 aliphatic carbocycles. The molecule has 1 aliphatic rings. The molecule has 2 aromatic carbocycles. The number of carbonyl (C=O) groups is 2. The molecule has 1 aromatic heterocycles. The van der Waals surface area contributed by atoms with Gasteiger partial charge in [0.25, 0.3) is 12.3 Å². The number of benzene rings is 2. The quantitative estimate of drug-likeness (QED) is 0.560. The summed E-state index contributed by atoms with van der Waals surface area (Å²) in [6.45, 7) is 6.43. The first-order valence-corrected chi connectivity index (χ1v) is 10.7. The van der Waals surface area contributed by atoms with E-state index in [4.69, 9.17) is 5.73 Å². The van der Waals surface area contributed by atoms with Crippen LogP contribution in [0.1, 0.15) is 77.1 Å². The first-order valence-electron chi connectivity index (χ1n) is 10.7. The van der Waals surface area contributed by atoms with Gasteiger partial charge in [-0.25, -0.2) is 8.78 Å². The fraction of sp³-hybridized carbons (Fsp3) is 0.320. The summed E-state index contributed by atoms with van der Waals surface area (Å²) in [7, 11) is 1.52. The first kappa shape index (κ1) is 22.6. The lowest BCUT2D eigenvalue weighted by Crippen LogP contribution is -2.22. The number of nitrogens with two attached hydrogens (primary N) is 1. The standard InChI is InChI=1S/C25H26F2N4O2/c1-13-11-25(2,3)17-9-6-10-18(19(13)17)29-24(33)20-14(7-5-8-15(20)23(28)32)16-12-31(4)30-21(16)22(26)27/h5-10,12-13,22H,11H2,1-4H3,(H2,28,32)(H,29,33)/t13-/m0/s1. The van der Waals surface area contributed by atoms with Crippen LogP contribution in [0.3, 0.4) is 0 Å². The van der Waals surface area contributed by atoms with E-state index in [1.165, 1.54) is 36.1 Å². The van der Waals surface area contributed by atoms with E-state index in [0.29, 0.717) is 5.69 Å². The largest absolute Gasteiger partial charge is 0.366 e. The molecule has 6 nitrogen and oxygen atoms in total. The second-order valence-electron chi connectivity index (χ2n) is 9.20. The zero-order valence-corrected chi connectivity index (χ0v) is 18.9. The number of rotatable bonds is 5. The Bertz CT molecular complexity index is 1260. The number of aryl methyl sites for hydroxylation is 1. The first-order chi connectivity index (χ1) is 15.5. The van der Waals surface area contributed by atoms with Crippen molar-refractivity contribution in [3.63, 3.8) is 0 Å². The van der Waals surface area contributed by atoms with Crippen molar-refractivity contribution in [1.82, 2.24) is 9.78 Å². The molecule has 8 heteroatoms. The molecular formula is C25H26F2N4O2. The zero-order valence-electron chi connectivity index (χ0n) is 18.9. The minimum Gasteiger partial charge on any atom is -0.366 e. The van der Waals surface area contributed by atoms with Crippen LogP contribution in [0.25, 0.3) is 11.1 Å². The lowest BCUT2D eigenvalue weighted by atomic mass is 9.86. The Morgan fingerprint density at radius 3 is 2.55 bits per heavy atom. The molecule has 3 aromatic rings. The second-order valence-corrected chi connectivity index (χ2v) is 9.20. The van der Waals surface area contributed by atoms with Crippen LogP contribution >= 0.6 is 0 Å². The number of fused-ring (bicyclic) bond motifs is 1. The number of alkyl halides is 2. The molecule has 0 radical (unpaired) electrons. The van der Waals surface area contributed by atoms with E-state index >= 15 is 0 Å². The summed E-state index contributed by atoms with van der Waals surface area (Å²) in [4.78, 5) is 25.7. The van der Waals surface area contributed by atoms with Crippen molar-refractivity contribution < 1.29 is 18.4 Å². The summed E-state index contributed by atoms with van der Waals surface area (Å²) < 4.78 is 28.6. The highest BCUT2D eigenvalue weighted by molar-refractivity contribution is 6.16. The number of nitrogens with one attached hydrogen (secondary N) is 1. The van der Waals surface area contributed by atoms with E-state index in [-0.39, 0.29) is 33.6 Å². The average molecular weight is 453 g/mol. The topological polar surface area (TPSA) is 90.0 Å². The van der Waals surface area contributed by atoms with Gasteiger partial charge in [-0.2, -0.15) is 5.10 Å². The van der Waals surface area contributed by atoms with Crippen molar-refractivity contribution in [2.75, 3.05) is 5.32 Å². The molecule has 0 bridgehead atoms. The molecule has 1 heterocycles. The summed E-state index contributed by atoms with van der Waals surface area (Å²) in [6.07, 6.45) is -0.510. The Kier molecular flexibility index (Phi) is 5.56. The van der Waals surface area contributed by atoms with Gasteiger partial charge in [-0.15, -0.1) is 0 Å². The lowest BCUT2D eigenvalue weighted by molar-refractivity contribution is 0.0977. The second kappa shape index (κ2) is 8.10. The molecule has 0 fully saturated rings. The zero-order chi connectivity index (χ0) is 24.1. The number of primary amides is 1. The molecule has 0 saturated heterocycles. The van der Waals surface area contributed by atoms with Crippen LogP contribution in [0.4, 0.5) is 14.5 Å². The van der Waals surface area contributed by atoms with Gasteiger partial charge < -0.3 is 11.1 Å². The third-order valence-electron chi connectivity index (χ3n) is 6.30. The Morgan fingerprint density at radius 1 is 1.18 bits per heavy atom. The number of carbonyl (C=O) groups excluding carboxylic acids is 2. The van der Waals surface area contributed by atoms with E-state index in [1.807, 2.05) is 12.1 Å². The monoisotopic (exact) mass is 452 g/mol. The fourth-order valence-electron chi connectivity index (χ4n) is 5.06. The number of hydrogen-bond donors (Lipinski definition) is 2. The van der Waals surface area contributed by atoms with E-state index in [9.17, 15) is 18.4 Å². The number of amides is 2. The number of hydrogen-bond acceptors (Lipinski definition) is 3. The molecule has 0 unspecified atom stereocenters. The highest BCUT2D eigenvalue weighted by atomic mass is 19.3. The smallest absolute Gasteiger partial charge is 0.282 e. The van der Waals surface area contributed by atoms with Crippen molar-refractivity contribution in [3.8, 4) is 11.1 Å². The van der Waals surface area contributed by atoms with Crippen LogP contribution in [0, 0.1) is 0 Å². The molecule has 2 amide bonds. The van der Waals surface area contributed by atoms with Gasteiger partial charge >= 0.3 is 0 Å². The highest BCUT2D eigenvalue weighted by Gasteiger charge is 2.36. The van der Waals surface area contributed by atoms with E-state index in [0.717, 1.165) is 17.5 Å². The van der Waals surface area contributed by atoms with Crippen molar-refractivity contribution in [2.45, 2.75) is 45.0 Å². The van der Waals surface area contributed by atoms with Crippen molar-refractivity contribution in [1.29, 1.82) is 0 Å². The predicted molar refractivity (Wildman–Crippen MR) is 123 cm³/mol. The number of nitrogens with zero attached hydrogens (tertiary/aromatic N) is 2. The maximum Gasteiger partial charge on any atom is 0.282 e. The van der Waals surface area contributed by atoms with Crippen molar-refractivity contribution in [2.24, 2.45) is 12.8 Å². The molecule has 3 N–H and O–H groups in total. The van der Waals surface area contributed by atoms with Crippen LogP contribution in [0.5, 0.6) is 0 Å². The maximum absolute atomic E-state index is 13.7. The molecular weight excluding hydrogens is 426 g/mol. The minimum absolute atomic E-state index is 0.0341. The van der Waals surface area contributed by atoms with Gasteiger partial charge in [0.2, 0.25) is 5.91 Å². The van der Waals surface area contributed by atoms with Gasteiger partial charge in [0, 0.05) is 24.5 Å². The number of aromatic nitrogens is 2. The van der Waals surface area contributed by atoms with Crippen molar-refractivity contribution in [3.05, 3.63) is 70.5 Å². The molecule has 4 rings (SSSR count). The van der Waals surface area contributed by atoms with E-state index in [2.05, 4.69) is 37.3 Å². The predicted octanol–water partition coefficient (Wildman–Crippen LogP) is 5.16. The van der Waals surface area contributed by atoms with Crippen LogP contribution in [-0.4, -0.2) is 21.6 Å². The highest BCUT2D eigenvalue weighted by Crippen LogP contribution is 2.48. The summed E-state index contributed by atoms with van der Waals surface area (Å²) in [6, 6.07) is 10.2. The number of halogens is 2. The summed E-state index contributed by atoms with van der Waals surface area (Å²) in [5, 5.41) is 6.76. The van der Waals surface area contributed by atoms with Gasteiger partial charge in [0.15, 0.2) is 0 Å². The molecule has 172 valence electrons. The fourth-order valence-corrected chi connectivity index (χ4v) is 5.06. The summed E-state index contributed by atoms with van der Waals surface area (Å²) >= 11 is 0. The van der Waals surface area contributed by atoms with E-state index < -0.39 is 23.9 Å². The van der Waals surface area contributed by atoms with Crippen molar-refractivity contribution >= 4 is 17.5 Å². The third-order valence-corrected chi connectivity index (χ3v) is 6.30. The minimum atomic E-state index is -2.85. The summed E-state index contributed by atoms with van der Waals surface area (Å²) in [5.74, 6) is -1.19. The van der Waals surface area contributed by atoms with Gasteiger partial charge in [0.1, 0.15) is 5.69 Å². The Labute approximate surface area is 190 Å². The lowest BCUT2D eigenvalue weighted by Gasteiger charge is -2.20. The van der Waals surface area contributed by atoms with Crippen LogP contribution < -0.4 is 11.1 Å².